The monoisotopic (exact) mass is 314 g/mol. The van der Waals surface area contributed by atoms with Crippen molar-refractivity contribution in [1.82, 2.24) is 0 Å². The first-order valence-electron chi connectivity index (χ1n) is 7.29. The van der Waals surface area contributed by atoms with Crippen LogP contribution in [0, 0.1) is 13.8 Å². The summed E-state index contributed by atoms with van der Waals surface area (Å²) in [6.45, 7) is 3.40. The second-order valence-corrected chi connectivity index (χ2v) is 5.69. The average Bonchev–Trinajstić information content (AvgIpc) is 2.54. The molecule has 0 spiro atoms. The molecule has 0 aromatic heterocycles. The van der Waals surface area contributed by atoms with Gasteiger partial charge in [-0.25, -0.2) is 0 Å². The number of aromatic hydroxyl groups is 1. The summed E-state index contributed by atoms with van der Waals surface area (Å²) in [5, 5.41) is 21.2. The zero-order valence-electron chi connectivity index (χ0n) is 13.2. The number of aliphatic hydroxyl groups is 1. The summed E-state index contributed by atoms with van der Waals surface area (Å²) in [7, 11) is 1.48. The molecule has 1 aliphatic rings. The van der Waals surface area contributed by atoms with Crippen LogP contribution in [0.1, 0.15) is 33.5 Å². The van der Waals surface area contributed by atoms with Crippen LogP contribution in [-0.2, 0) is 5.79 Å². The number of Topliss-reactive ketones (excluding diaryl/α,β-unsaturated/α-hetero) is 1. The van der Waals surface area contributed by atoms with Crippen molar-refractivity contribution >= 4 is 5.78 Å². The zero-order valence-corrected chi connectivity index (χ0v) is 13.2. The number of benzene rings is 2. The molecule has 0 bridgehead atoms. The number of methoxy groups -OCH3 is 1. The van der Waals surface area contributed by atoms with Gasteiger partial charge in [0.1, 0.15) is 22.8 Å². The SMILES string of the molecule is COc1c(C)c(O)c2c(c1C)OC(O)(c1ccccc1)CC2=O. The largest absolute Gasteiger partial charge is 0.507 e. The zero-order chi connectivity index (χ0) is 16.8. The second-order valence-electron chi connectivity index (χ2n) is 5.69. The van der Waals surface area contributed by atoms with E-state index in [1.165, 1.54) is 7.11 Å². The number of carbonyl (C=O) groups is 1. The molecule has 0 fully saturated rings. The van der Waals surface area contributed by atoms with Crippen LogP contribution in [0.15, 0.2) is 30.3 Å². The Morgan fingerprint density at radius 3 is 2.43 bits per heavy atom. The van der Waals surface area contributed by atoms with Crippen molar-refractivity contribution in [2.75, 3.05) is 7.11 Å². The lowest BCUT2D eigenvalue weighted by molar-refractivity contribution is -0.148. The molecule has 5 heteroatoms. The fourth-order valence-corrected chi connectivity index (χ4v) is 3.04. The predicted molar refractivity (Wildman–Crippen MR) is 84.0 cm³/mol. The summed E-state index contributed by atoms with van der Waals surface area (Å²) in [5.74, 6) is -1.70. The molecule has 0 amide bonds. The third-order valence-corrected chi connectivity index (χ3v) is 4.22. The molecule has 5 nitrogen and oxygen atoms in total. The Labute approximate surface area is 134 Å². The van der Waals surface area contributed by atoms with Crippen molar-refractivity contribution in [2.24, 2.45) is 0 Å². The molecule has 1 heterocycles. The number of hydrogen-bond donors (Lipinski definition) is 2. The van der Waals surface area contributed by atoms with E-state index in [0.717, 1.165) is 0 Å². The van der Waals surface area contributed by atoms with E-state index in [4.69, 9.17) is 9.47 Å². The topological polar surface area (TPSA) is 76.0 Å². The highest BCUT2D eigenvalue weighted by atomic mass is 16.6. The van der Waals surface area contributed by atoms with Crippen LogP contribution in [0.2, 0.25) is 0 Å². The fourth-order valence-electron chi connectivity index (χ4n) is 3.04. The van der Waals surface area contributed by atoms with Gasteiger partial charge in [-0.3, -0.25) is 4.79 Å². The lowest BCUT2D eigenvalue weighted by atomic mass is 9.89. The smallest absolute Gasteiger partial charge is 0.242 e. The highest BCUT2D eigenvalue weighted by Crippen LogP contribution is 2.48. The van der Waals surface area contributed by atoms with Gasteiger partial charge in [-0.2, -0.15) is 0 Å². The summed E-state index contributed by atoms with van der Waals surface area (Å²) in [6.07, 6.45) is -0.261. The highest BCUT2D eigenvalue weighted by Gasteiger charge is 2.43. The molecule has 0 saturated heterocycles. The normalized spacial score (nSPS) is 19.9. The summed E-state index contributed by atoms with van der Waals surface area (Å²) in [4.78, 5) is 12.6. The van der Waals surface area contributed by atoms with E-state index >= 15 is 0 Å². The molecule has 2 aromatic rings. The third kappa shape index (κ3) is 2.24. The van der Waals surface area contributed by atoms with E-state index in [0.29, 0.717) is 22.4 Å². The molecule has 1 unspecified atom stereocenters. The number of phenols is 1. The average molecular weight is 314 g/mol. The standard InChI is InChI=1S/C18H18O5/c1-10-15(20)14-13(19)9-18(21,12-7-5-4-6-8-12)23-17(14)11(2)16(10)22-3/h4-8,20-21H,9H2,1-3H3. The van der Waals surface area contributed by atoms with Crippen molar-refractivity contribution < 1.29 is 24.5 Å². The summed E-state index contributed by atoms with van der Waals surface area (Å²) >= 11 is 0. The first-order valence-corrected chi connectivity index (χ1v) is 7.29. The number of phenolic OH excluding ortho intramolecular Hbond substituents is 1. The molecular weight excluding hydrogens is 296 g/mol. The maximum atomic E-state index is 12.6. The van der Waals surface area contributed by atoms with Crippen LogP contribution in [0.3, 0.4) is 0 Å². The first kappa shape index (κ1) is 15.4. The maximum absolute atomic E-state index is 12.6. The molecule has 0 aliphatic carbocycles. The van der Waals surface area contributed by atoms with Crippen LogP contribution in [-0.4, -0.2) is 23.1 Å². The highest BCUT2D eigenvalue weighted by molar-refractivity contribution is 6.04. The molecule has 120 valence electrons. The Morgan fingerprint density at radius 2 is 1.83 bits per heavy atom. The van der Waals surface area contributed by atoms with Gasteiger partial charge < -0.3 is 19.7 Å². The van der Waals surface area contributed by atoms with Crippen molar-refractivity contribution in [3.63, 3.8) is 0 Å². The van der Waals surface area contributed by atoms with Crippen LogP contribution in [0.25, 0.3) is 0 Å². The first-order chi connectivity index (χ1) is 10.9. The van der Waals surface area contributed by atoms with E-state index in [9.17, 15) is 15.0 Å². The van der Waals surface area contributed by atoms with Crippen LogP contribution < -0.4 is 9.47 Å². The van der Waals surface area contributed by atoms with Gasteiger partial charge in [0.05, 0.1) is 13.5 Å². The molecule has 2 N–H and O–H groups in total. The molecule has 0 radical (unpaired) electrons. The quantitative estimate of drug-likeness (QED) is 0.891. The fraction of sp³-hybridized carbons (Fsp3) is 0.278. The molecule has 2 aromatic carbocycles. The minimum absolute atomic E-state index is 0.0985. The van der Waals surface area contributed by atoms with Gasteiger partial charge in [0.15, 0.2) is 5.78 Å². The number of ketones is 1. The van der Waals surface area contributed by atoms with Gasteiger partial charge in [-0.1, -0.05) is 30.3 Å². The Balaban J connectivity index is 2.21. The molecular formula is C18H18O5. The van der Waals surface area contributed by atoms with Gasteiger partial charge in [0.2, 0.25) is 5.79 Å². The number of rotatable bonds is 2. The van der Waals surface area contributed by atoms with Crippen molar-refractivity contribution in [2.45, 2.75) is 26.1 Å². The van der Waals surface area contributed by atoms with E-state index in [1.54, 1.807) is 38.1 Å². The van der Waals surface area contributed by atoms with E-state index in [-0.39, 0.29) is 29.3 Å². The van der Waals surface area contributed by atoms with Gasteiger partial charge in [-0.05, 0) is 13.8 Å². The number of fused-ring (bicyclic) bond motifs is 1. The molecule has 3 rings (SSSR count). The van der Waals surface area contributed by atoms with Gasteiger partial charge >= 0.3 is 0 Å². The van der Waals surface area contributed by atoms with Crippen molar-refractivity contribution in [3.8, 4) is 17.2 Å². The third-order valence-electron chi connectivity index (χ3n) is 4.22. The van der Waals surface area contributed by atoms with Crippen LogP contribution in [0.5, 0.6) is 17.2 Å². The predicted octanol–water partition coefficient (Wildman–Crippen LogP) is 2.83. The Bertz CT molecular complexity index is 782. The van der Waals surface area contributed by atoms with E-state index in [1.807, 2.05) is 6.07 Å². The molecule has 1 atom stereocenters. The van der Waals surface area contributed by atoms with Gasteiger partial charge in [-0.15, -0.1) is 0 Å². The van der Waals surface area contributed by atoms with Crippen molar-refractivity contribution in [1.29, 1.82) is 0 Å². The van der Waals surface area contributed by atoms with E-state index in [2.05, 4.69) is 0 Å². The lowest BCUT2D eigenvalue weighted by Crippen LogP contribution is -2.39. The molecule has 0 saturated carbocycles. The van der Waals surface area contributed by atoms with Crippen LogP contribution >= 0.6 is 0 Å². The van der Waals surface area contributed by atoms with Gasteiger partial charge in [0, 0.05) is 16.7 Å². The summed E-state index contributed by atoms with van der Waals surface area (Å²) < 4.78 is 11.1. The van der Waals surface area contributed by atoms with Crippen molar-refractivity contribution in [3.05, 3.63) is 52.6 Å². The maximum Gasteiger partial charge on any atom is 0.242 e. The van der Waals surface area contributed by atoms with Gasteiger partial charge in [0.25, 0.3) is 0 Å². The number of ether oxygens (including phenoxy) is 2. The Kier molecular flexibility index (Phi) is 3.53. The number of hydrogen-bond acceptors (Lipinski definition) is 5. The molecule has 1 aliphatic heterocycles. The Hall–Kier alpha value is -2.53. The summed E-state index contributed by atoms with van der Waals surface area (Å²) in [6, 6.07) is 8.72. The minimum Gasteiger partial charge on any atom is -0.507 e. The lowest BCUT2D eigenvalue weighted by Gasteiger charge is -2.35. The van der Waals surface area contributed by atoms with E-state index < -0.39 is 5.79 Å². The number of carbonyl (C=O) groups excluding carboxylic acids is 1. The Morgan fingerprint density at radius 1 is 1.17 bits per heavy atom. The minimum atomic E-state index is -1.76. The second kappa shape index (κ2) is 5.28. The van der Waals surface area contributed by atoms with Crippen LogP contribution in [0.4, 0.5) is 0 Å². The summed E-state index contributed by atoms with van der Waals surface area (Å²) in [5.41, 5.74) is 1.63. The molecule has 23 heavy (non-hydrogen) atoms.